The average Bonchev–Trinajstić information content (AvgIpc) is 2.20. The zero-order valence-electron chi connectivity index (χ0n) is 12.0. The number of hydrogen-bond donors (Lipinski definition) is 1. The molecule has 0 radical (unpaired) electrons. The molecule has 0 amide bonds. The number of rotatable bonds is 11. The van der Waals surface area contributed by atoms with Gasteiger partial charge >= 0.3 is 18.9 Å². The van der Waals surface area contributed by atoms with Crippen LogP contribution in [0.2, 0.25) is 0 Å². The van der Waals surface area contributed by atoms with Crippen molar-refractivity contribution in [1.29, 1.82) is 0 Å². The van der Waals surface area contributed by atoms with Crippen molar-refractivity contribution in [2.45, 2.75) is 71.1 Å². The van der Waals surface area contributed by atoms with Crippen LogP contribution < -0.4 is 18.9 Å². The van der Waals surface area contributed by atoms with Crippen LogP contribution in [-0.4, -0.2) is 14.5 Å². The van der Waals surface area contributed by atoms with E-state index in [4.69, 9.17) is 4.55 Å². The van der Waals surface area contributed by atoms with Crippen LogP contribution in [0, 0.1) is 0 Å². The van der Waals surface area contributed by atoms with E-state index in [1.165, 1.54) is 51.4 Å². The molecule has 4 heteroatoms. The van der Waals surface area contributed by atoms with Gasteiger partial charge in [-0.15, -0.1) is 0 Å². The average molecular weight is 242 g/mol. The van der Waals surface area contributed by atoms with Gasteiger partial charge in [-0.2, -0.15) is 0 Å². The fourth-order valence-electron chi connectivity index (χ4n) is 1.71. The third-order valence-corrected chi connectivity index (χ3v) is 3.31. The van der Waals surface area contributed by atoms with Crippen LogP contribution in [0.4, 0.5) is 0 Å². The monoisotopic (exact) mass is 242 g/mol. The summed E-state index contributed by atoms with van der Waals surface area (Å²) in [6.45, 7) is 2.24. The molecule has 0 aromatic rings. The van der Waals surface area contributed by atoms with E-state index in [2.05, 4.69) is 6.92 Å². The summed E-state index contributed by atoms with van der Waals surface area (Å²) in [5.41, 5.74) is 0. The molecular weight excluding hydrogens is 215 g/mol. The van der Waals surface area contributed by atoms with Gasteiger partial charge in [0.2, 0.25) is 0 Å². The molecule has 0 fully saturated rings. The van der Waals surface area contributed by atoms with E-state index in [-0.39, 0.29) is 20.3 Å². The molecule has 0 saturated heterocycles. The second-order valence-electron chi connectivity index (χ2n) is 4.21. The van der Waals surface area contributed by atoms with Gasteiger partial charge in [-0.25, -0.2) is 4.21 Å². The minimum atomic E-state index is -1.58. The van der Waals surface area contributed by atoms with Crippen molar-refractivity contribution in [2.24, 2.45) is 0 Å². The summed E-state index contributed by atoms with van der Waals surface area (Å²) in [6, 6.07) is 0. The zero-order chi connectivity index (χ0) is 11.4. The first-order valence-electron chi connectivity index (χ1n) is 6.35. The number of unbranched alkanes of at least 4 members (excludes halogenated alkanes) is 9. The first-order chi connectivity index (χ1) is 7.27. The molecule has 0 aliphatic heterocycles. The molecule has 1 N–H and O–H groups in total. The van der Waals surface area contributed by atoms with Gasteiger partial charge in [0, 0.05) is 5.75 Å². The maximum Gasteiger partial charge on any atom is 1.00 e. The summed E-state index contributed by atoms with van der Waals surface area (Å²) in [6.07, 6.45) is 12.7. The Labute approximate surface area is 117 Å². The summed E-state index contributed by atoms with van der Waals surface area (Å²) in [7, 11) is 0. The Balaban J connectivity index is -0.000000980. The SMILES string of the molecule is CCCCCCCCCCCCS(=O)O.[H-].[Li+]. The third-order valence-electron chi connectivity index (χ3n) is 2.67. The Morgan fingerprint density at radius 2 is 1.25 bits per heavy atom. The van der Waals surface area contributed by atoms with Crippen molar-refractivity contribution in [3.63, 3.8) is 0 Å². The molecule has 1 atom stereocenters. The molecule has 94 valence electrons. The van der Waals surface area contributed by atoms with Crippen molar-refractivity contribution in [3.05, 3.63) is 0 Å². The van der Waals surface area contributed by atoms with Crippen molar-refractivity contribution in [1.82, 2.24) is 0 Å². The van der Waals surface area contributed by atoms with Crippen molar-refractivity contribution in [3.8, 4) is 0 Å². The maximum atomic E-state index is 10.3. The van der Waals surface area contributed by atoms with Crippen LogP contribution in [0.15, 0.2) is 0 Å². The van der Waals surface area contributed by atoms with Gasteiger partial charge in [-0.3, -0.25) is 0 Å². The molecular formula is C12H27LiO2S. The van der Waals surface area contributed by atoms with Crippen LogP contribution in [0.25, 0.3) is 0 Å². The van der Waals surface area contributed by atoms with Crippen LogP contribution in [0.1, 0.15) is 72.6 Å². The Morgan fingerprint density at radius 3 is 1.62 bits per heavy atom. The van der Waals surface area contributed by atoms with Crippen LogP contribution in [-0.2, 0) is 11.1 Å². The molecule has 0 bridgehead atoms. The smallest absolute Gasteiger partial charge is 1.00 e. The van der Waals surface area contributed by atoms with E-state index in [9.17, 15) is 4.21 Å². The third kappa shape index (κ3) is 17.1. The van der Waals surface area contributed by atoms with E-state index in [0.29, 0.717) is 5.75 Å². The topological polar surface area (TPSA) is 37.3 Å². The van der Waals surface area contributed by atoms with Crippen molar-refractivity contribution >= 4 is 11.1 Å². The van der Waals surface area contributed by atoms with Gasteiger partial charge in [0.15, 0.2) is 11.1 Å². The molecule has 0 aliphatic carbocycles. The molecule has 16 heavy (non-hydrogen) atoms. The van der Waals surface area contributed by atoms with Gasteiger partial charge in [0.1, 0.15) is 0 Å². The van der Waals surface area contributed by atoms with Gasteiger partial charge < -0.3 is 5.98 Å². The summed E-state index contributed by atoms with van der Waals surface area (Å²) in [4.78, 5) is 0. The molecule has 0 saturated carbocycles. The molecule has 1 unspecified atom stereocenters. The molecule has 0 aromatic carbocycles. The summed E-state index contributed by atoms with van der Waals surface area (Å²) < 4.78 is 18.9. The van der Waals surface area contributed by atoms with Gasteiger partial charge in [0.25, 0.3) is 0 Å². The molecule has 0 spiro atoms. The van der Waals surface area contributed by atoms with Gasteiger partial charge in [-0.05, 0) is 6.42 Å². The Hall–Kier alpha value is 0.707. The summed E-state index contributed by atoms with van der Waals surface area (Å²) >= 11 is -1.58. The molecule has 0 rings (SSSR count). The summed E-state index contributed by atoms with van der Waals surface area (Å²) in [5.74, 6) is 0.455. The van der Waals surface area contributed by atoms with Crippen LogP contribution >= 0.6 is 0 Å². The Bertz CT molecular complexity index is 159. The van der Waals surface area contributed by atoms with E-state index in [1.54, 1.807) is 0 Å². The second kappa shape index (κ2) is 15.7. The quantitative estimate of drug-likeness (QED) is 0.336. The van der Waals surface area contributed by atoms with Crippen molar-refractivity contribution in [2.75, 3.05) is 5.75 Å². The predicted molar refractivity (Wildman–Crippen MR) is 68.6 cm³/mol. The maximum absolute atomic E-state index is 10.3. The Morgan fingerprint density at radius 1 is 0.875 bits per heavy atom. The minimum absolute atomic E-state index is 0. The normalized spacial score (nSPS) is 12.1. The van der Waals surface area contributed by atoms with Crippen LogP contribution in [0.5, 0.6) is 0 Å². The minimum Gasteiger partial charge on any atom is -1.00 e. The predicted octanol–water partition coefficient (Wildman–Crippen LogP) is 1.25. The number of hydrogen-bond acceptors (Lipinski definition) is 1. The van der Waals surface area contributed by atoms with Crippen molar-refractivity contribution < 1.29 is 29.0 Å². The van der Waals surface area contributed by atoms with Crippen LogP contribution in [0.3, 0.4) is 0 Å². The largest absolute Gasteiger partial charge is 1.00 e. The first-order valence-corrected chi connectivity index (χ1v) is 7.62. The zero-order valence-corrected chi connectivity index (χ0v) is 11.9. The fraction of sp³-hybridized carbons (Fsp3) is 1.00. The first kappa shape index (κ1) is 19.1. The van der Waals surface area contributed by atoms with E-state index >= 15 is 0 Å². The van der Waals surface area contributed by atoms with E-state index in [0.717, 1.165) is 12.8 Å². The molecule has 2 nitrogen and oxygen atoms in total. The summed E-state index contributed by atoms with van der Waals surface area (Å²) in [5, 5.41) is 0. The van der Waals surface area contributed by atoms with E-state index in [1.807, 2.05) is 0 Å². The molecule has 0 heterocycles. The molecule has 0 aromatic heterocycles. The van der Waals surface area contributed by atoms with Gasteiger partial charge in [-0.1, -0.05) is 64.7 Å². The fourth-order valence-corrected chi connectivity index (χ4v) is 2.16. The van der Waals surface area contributed by atoms with E-state index < -0.39 is 11.1 Å². The Kier molecular flexibility index (Phi) is 18.7. The molecule has 0 aliphatic rings. The van der Waals surface area contributed by atoms with Gasteiger partial charge in [0.05, 0.1) is 0 Å². The standard InChI is InChI=1S/C12H26O2S.Li.H/c1-2-3-4-5-6-7-8-9-10-11-12-15(13)14;;/h2-12H2,1H3,(H,13,14);;/q;+1;-1. The second-order valence-corrected chi connectivity index (χ2v) is 5.26.